The van der Waals surface area contributed by atoms with E-state index in [1.54, 1.807) is 23.0 Å². The number of halogens is 2. The predicted molar refractivity (Wildman–Crippen MR) is 71.0 cm³/mol. The summed E-state index contributed by atoms with van der Waals surface area (Å²) in [6.45, 7) is 0. The molecule has 1 heterocycles. The van der Waals surface area contributed by atoms with E-state index in [4.69, 9.17) is 11.6 Å². The van der Waals surface area contributed by atoms with E-state index in [-0.39, 0.29) is 0 Å². The normalized spacial score (nSPS) is 12.7. The Morgan fingerprint density at radius 1 is 1.53 bits per heavy atom. The third-order valence-corrected chi connectivity index (χ3v) is 3.43. The fourth-order valence-electron chi connectivity index (χ4n) is 1.68. The number of aliphatic hydroxyl groups is 1. The zero-order chi connectivity index (χ0) is 12.4. The Bertz CT molecular complexity index is 527. The van der Waals surface area contributed by atoms with Gasteiger partial charge in [0, 0.05) is 29.2 Å². The second kappa shape index (κ2) is 5.21. The minimum absolute atomic E-state index is 0.536. The van der Waals surface area contributed by atoms with Crippen LogP contribution < -0.4 is 0 Å². The van der Waals surface area contributed by atoms with E-state index < -0.39 is 6.10 Å². The van der Waals surface area contributed by atoms with Gasteiger partial charge in [-0.05, 0) is 23.3 Å². The Kier molecular flexibility index (Phi) is 3.86. The van der Waals surface area contributed by atoms with E-state index >= 15 is 0 Å². The Morgan fingerprint density at radius 2 is 2.29 bits per heavy atom. The zero-order valence-corrected chi connectivity index (χ0v) is 11.6. The van der Waals surface area contributed by atoms with Crippen molar-refractivity contribution in [2.75, 3.05) is 0 Å². The number of nitrogens with zero attached hydrogens (tertiary/aromatic N) is 2. The lowest BCUT2D eigenvalue weighted by Crippen LogP contribution is -2.02. The standard InChI is InChI=1S/C12H12BrClN2O/c1-16-7-8(6-15-16)4-12(17)10-3-2-9(14)5-11(10)13/h2-3,5-7,12,17H,4H2,1H3. The summed E-state index contributed by atoms with van der Waals surface area (Å²) in [6, 6.07) is 5.38. The van der Waals surface area contributed by atoms with Crippen LogP contribution in [0.15, 0.2) is 35.1 Å². The first-order chi connectivity index (χ1) is 8.06. The van der Waals surface area contributed by atoms with Crippen molar-refractivity contribution in [3.8, 4) is 0 Å². The van der Waals surface area contributed by atoms with Gasteiger partial charge in [-0.15, -0.1) is 0 Å². The van der Waals surface area contributed by atoms with Crippen molar-refractivity contribution in [1.29, 1.82) is 0 Å². The number of aliphatic hydroxyl groups excluding tert-OH is 1. The molecule has 1 N–H and O–H groups in total. The van der Waals surface area contributed by atoms with Crippen LogP contribution in [-0.2, 0) is 13.5 Å². The van der Waals surface area contributed by atoms with Crippen LogP contribution in [0.4, 0.5) is 0 Å². The molecule has 2 rings (SSSR count). The molecule has 1 unspecified atom stereocenters. The smallest absolute Gasteiger partial charge is 0.0842 e. The molecule has 1 aromatic carbocycles. The van der Waals surface area contributed by atoms with E-state index in [9.17, 15) is 5.11 Å². The summed E-state index contributed by atoms with van der Waals surface area (Å²) in [6.07, 6.45) is 3.62. The first-order valence-corrected chi connectivity index (χ1v) is 6.34. The average Bonchev–Trinajstić information content (AvgIpc) is 2.63. The largest absolute Gasteiger partial charge is 0.388 e. The summed E-state index contributed by atoms with van der Waals surface area (Å²) in [5.41, 5.74) is 1.83. The highest BCUT2D eigenvalue weighted by Gasteiger charge is 2.13. The van der Waals surface area contributed by atoms with Crippen molar-refractivity contribution in [2.24, 2.45) is 7.05 Å². The number of rotatable bonds is 3. The molecule has 0 bridgehead atoms. The maximum Gasteiger partial charge on any atom is 0.0842 e. The first kappa shape index (κ1) is 12.6. The van der Waals surface area contributed by atoms with E-state index in [2.05, 4.69) is 21.0 Å². The highest BCUT2D eigenvalue weighted by atomic mass is 79.9. The van der Waals surface area contributed by atoms with Crippen LogP contribution in [0.3, 0.4) is 0 Å². The minimum atomic E-state index is -0.564. The van der Waals surface area contributed by atoms with Gasteiger partial charge >= 0.3 is 0 Å². The van der Waals surface area contributed by atoms with Gasteiger partial charge in [0.05, 0.1) is 12.3 Å². The van der Waals surface area contributed by atoms with Crippen LogP contribution in [0.1, 0.15) is 17.2 Å². The van der Waals surface area contributed by atoms with E-state index in [0.717, 1.165) is 15.6 Å². The highest BCUT2D eigenvalue weighted by molar-refractivity contribution is 9.10. The lowest BCUT2D eigenvalue weighted by molar-refractivity contribution is 0.177. The first-order valence-electron chi connectivity index (χ1n) is 5.17. The molecular formula is C12H12BrClN2O. The Morgan fingerprint density at radius 3 is 2.88 bits per heavy atom. The molecule has 17 heavy (non-hydrogen) atoms. The molecule has 0 aliphatic carbocycles. The van der Waals surface area contributed by atoms with Crippen molar-refractivity contribution in [2.45, 2.75) is 12.5 Å². The van der Waals surface area contributed by atoms with Crippen LogP contribution in [0, 0.1) is 0 Å². The van der Waals surface area contributed by atoms with Gasteiger partial charge < -0.3 is 5.11 Å². The molecule has 0 fully saturated rings. The number of hydrogen-bond acceptors (Lipinski definition) is 2. The van der Waals surface area contributed by atoms with Gasteiger partial charge in [0.25, 0.3) is 0 Å². The third-order valence-electron chi connectivity index (χ3n) is 2.51. The molecule has 0 amide bonds. The second-order valence-electron chi connectivity index (χ2n) is 3.91. The highest BCUT2D eigenvalue weighted by Crippen LogP contribution is 2.28. The molecule has 0 spiro atoms. The van der Waals surface area contributed by atoms with E-state index in [1.165, 1.54) is 0 Å². The molecule has 2 aromatic rings. The lowest BCUT2D eigenvalue weighted by atomic mass is 10.0. The number of aromatic nitrogens is 2. The number of benzene rings is 1. The van der Waals surface area contributed by atoms with Crippen LogP contribution in [0.5, 0.6) is 0 Å². The lowest BCUT2D eigenvalue weighted by Gasteiger charge is -2.12. The van der Waals surface area contributed by atoms with Gasteiger partial charge in [0.2, 0.25) is 0 Å². The topological polar surface area (TPSA) is 38.0 Å². The SMILES string of the molecule is Cn1cc(CC(O)c2ccc(Cl)cc2Br)cn1. The maximum atomic E-state index is 10.1. The average molecular weight is 316 g/mol. The summed E-state index contributed by atoms with van der Waals surface area (Å²) in [5.74, 6) is 0. The van der Waals surface area contributed by atoms with Gasteiger partial charge in [0.15, 0.2) is 0 Å². The number of hydrogen-bond donors (Lipinski definition) is 1. The minimum Gasteiger partial charge on any atom is -0.388 e. The van der Waals surface area contributed by atoms with Gasteiger partial charge in [-0.3, -0.25) is 4.68 Å². The second-order valence-corrected chi connectivity index (χ2v) is 5.20. The van der Waals surface area contributed by atoms with Crippen LogP contribution >= 0.6 is 27.5 Å². The van der Waals surface area contributed by atoms with Gasteiger partial charge in [-0.2, -0.15) is 5.10 Å². The maximum absolute atomic E-state index is 10.1. The quantitative estimate of drug-likeness (QED) is 0.945. The summed E-state index contributed by atoms with van der Waals surface area (Å²) in [5, 5.41) is 14.9. The van der Waals surface area contributed by atoms with Crippen molar-refractivity contribution >= 4 is 27.5 Å². The molecule has 1 atom stereocenters. The fourth-order valence-corrected chi connectivity index (χ4v) is 2.63. The predicted octanol–water partition coefficient (Wildman–Crippen LogP) is 3.11. The van der Waals surface area contributed by atoms with Crippen LogP contribution in [0.25, 0.3) is 0 Å². The Labute approximate surface area is 113 Å². The van der Waals surface area contributed by atoms with Crippen molar-refractivity contribution in [3.05, 3.63) is 51.2 Å². The molecule has 0 aliphatic heterocycles. The Balaban J connectivity index is 2.17. The molecule has 3 nitrogen and oxygen atoms in total. The van der Waals surface area contributed by atoms with Gasteiger partial charge in [0.1, 0.15) is 0 Å². The molecule has 1 aromatic heterocycles. The van der Waals surface area contributed by atoms with E-state index in [0.29, 0.717) is 11.4 Å². The molecule has 5 heteroatoms. The molecule has 90 valence electrons. The summed E-state index contributed by atoms with van der Waals surface area (Å²) in [7, 11) is 1.86. The zero-order valence-electron chi connectivity index (χ0n) is 9.27. The Hall–Kier alpha value is -0.840. The monoisotopic (exact) mass is 314 g/mol. The number of aryl methyl sites for hydroxylation is 1. The molecule has 0 saturated heterocycles. The summed E-state index contributed by atoms with van der Waals surface area (Å²) in [4.78, 5) is 0. The van der Waals surface area contributed by atoms with Crippen LogP contribution in [0.2, 0.25) is 5.02 Å². The summed E-state index contributed by atoms with van der Waals surface area (Å²) >= 11 is 9.26. The molecule has 0 radical (unpaired) electrons. The van der Waals surface area contributed by atoms with Crippen LogP contribution in [-0.4, -0.2) is 14.9 Å². The molecule has 0 saturated carbocycles. The molecular weight excluding hydrogens is 304 g/mol. The van der Waals surface area contributed by atoms with Crippen molar-refractivity contribution < 1.29 is 5.11 Å². The van der Waals surface area contributed by atoms with E-state index in [1.807, 2.05) is 19.3 Å². The van der Waals surface area contributed by atoms with Crippen molar-refractivity contribution in [1.82, 2.24) is 9.78 Å². The fraction of sp³-hybridized carbons (Fsp3) is 0.250. The van der Waals surface area contributed by atoms with Gasteiger partial charge in [-0.1, -0.05) is 33.6 Å². The summed E-state index contributed by atoms with van der Waals surface area (Å²) < 4.78 is 2.54. The third kappa shape index (κ3) is 3.09. The van der Waals surface area contributed by atoms with Gasteiger partial charge in [-0.25, -0.2) is 0 Å². The van der Waals surface area contributed by atoms with Crippen molar-refractivity contribution in [3.63, 3.8) is 0 Å². The molecule has 0 aliphatic rings.